The van der Waals surface area contributed by atoms with Crippen molar-refractivity contribution < 1.29 is 9.52 Å². The predicted octanol–water partition coefficient (Wildman–Crippen LogP) is 3.60. The van der Waals surface area contributed by atoms with E-state index in [0.717, 1.165) is 31.6 Å². The van der Waals surface area contributed by atoms with E-state index in [0.29, 0.717) is 11.8 Å². The van der Waals surface area contributed by atoms with Gasteiger partial charge in [-0.1, -0.05) is 12.8 Å². The first-order chi connectivity index (χ1) is 10.3. The normalized spacial score (nSPS) is 22.0. The summed E-state index contributed by atoms with van der Waals surface area (Å²) >= 11 is 1.64. The Labute approximate surface area is 129 Å². The fraction of sp³-hybridized carbons (Fsp3) is 0.562. The van der Waals surface area contributed by atoms with Crippen molar-refractivity contribution in [3.05, 3.63) is 40.7 Å². The SMILES string of the molecule is OC(CC1CCCCCN1Cc1cscn1)c1ccco1. The van der Waals surface area contributed by atoms with Crippen LogP contribution in [0, 0.1) is 0 Å². The average Bonchev–Trinajstić information content (AvgIpc) is 3.14. The second-order valence-corrected chi connectivity index (χ2v) is 6.44. The van der Waals surface area contributed by atoms with Crippen LogP contribution in [0.5, 0.6) is 0 Å². The smallest absolute Gasteiger partial charge is 0.132 e. The average molecular weight is 306 g/mol. The standard InChI is InChI=1S/C16H22N2O2S/c19-15(16-6-4-8-20-16)9-14-5-2-1-3-7-18(14)10-13-11-21-12-17-13/h4,6,8,11-12,14-15,19H,1-3,5,7,9-10H2. The Balaban J connectivity index is 1.66. The van der Waals surface area contributed by atoms with Gasteiger partial charge in [-0.2, -0.15) is 0 Å². The molecule has 4 nitrogen and oxygen atoms in total. The molecule has 1 saturated heterocycles. The van der Waals surface area contributed by atoms with Crippen LogP contribution in [0.1, 0.15) is 49.7 Å². The van der Waals surface area contributed by atoms with Crippen LogP contribution in [0.25, 0.3) is 0 Å². The molecule has 1 N–H and O–H groups in total. The Kier molecular flexibility index (Phi) is 5.06. The van der Waals surface area contributed by atoms with Crippen LogP contribution < -0.4 is 0 Å². The summed E-state index contributed by atoms with van der Waals surface area (Å²) in [4.78, 5) is 6.88. The van der Waals surface area contributed by atoms with Crippen molar-refractivity contribution in [1.82, 2.24) is 9.88 Å². The molecule has 2 aromatic rings. The topological polar surface area (TPSA) is 49.5 Å². The summed E-state index contributed by atoms with van der Waals surface area (Å²) in [6.07, 6.45) is 6.74. The number of aromatic nitrogens is 1. The number of aliphatic hydroxyl groups is 1. The Morgan fingerprint density at radius 2 is 2.38 bits per heavy atom. The largest absolute Gasteiger partial charge is 0.467 e. The number of likely N-dealkylation sites (tertiary alicyclic amines) is 1. The first-order valence-electron chi connectivity index (χ1n) is 7.65. The van der Waals surface area contributed by atoms with Crippen LogP contribution >= 0.6 is 11.3 Å². The first kappa shape index (κ1) is 14.8. The van der Waals surface area contributed by atoms with Crippen LogP contribution in [-0.2, 0) is 6.54 Å². The van der Waals surface area contributed by atoms with Crippen molar-refractivity contribution in [3.63, 3.8) is 0 Å². The molecule has 0 radical (unpaired) electrons. The van der Waals surface area contributed by atoms with E-state index in [4.69, 9.17) is 4.42 Å². The summed E-state index contributed by atoms with van der Waals surface area (Å²) in [5.41, 5.74) is 3.03. The highest BCUT2D eigenvalue weighted by molar-refractivity contribution is 7.07. The minimum Gasteiger partial charge on any atom is -0.467 e. The lowest BCUT2D eigenvalue weighted by molar-refractivity contribution is 0.0826. The quantitative estimate of drug-likeness (QED) is 0.917. The first-order valence-corrected chi connectivity index (χ1v) is 8.60. The zero-order valence-electron chi connectivity index (χ0n) is 12.1. The van der Waals surface area contributed by atoms with E-state index in [1.54, 1.807) is 17.6 Å². The van der Waals surface area contributed by atoms with Gasteiger partial charge in [-0.15, -0.1) is 11.3 Å². The molecule has 0 spiro atoms. The van der Waals surface area contributed by atoms with Gasteiger partial charge >= 0.3 is 0 Å². The van der Waals surface area contributed by atoms with Gasteiger partial charge in [-0.3, -0.25) is 4.90 Å². The lowest BCUT2D eigenvalue weighted by Gasteiger charge is -2.30. The fourth-order valence-corrected chi connectivity index (χ4v) is 3.64. The van der Waals surface area contributed by atoms with E-state index in [-0.39, 0.29) is 0 Å². The molecular weight excluding hydrogens is 284 g/mol. The van der Waals surface area contributed by atoms with Crippen LogP contribution in [0.3, 0.4) is 0 Å². The highest BCUT2D eigenvalue weighted by Gasteiger charge is 2.25. The molecule has 0 amide bonds. The van der Waals surface area contributed by atoms with E-state index in [2.05, 4.69) is 15.3 Å². The van der Waals surface area contributed by atoms with Gasteiger partial charge in [0.1, 0.15) is 11.9 Å². The van der Waals surface area contributed by atoms with Crippen LogP contribution in [0.15, 0.2) is 33.7 Å². The molecule has 2 aromatic heterocycles. The van der Waals surface area contributed by atoms with Gasteiger partial charge in [0.25, 0.3) is 0 Å². The molecule has 2 atom stereocenters. The molecule has 1 aliphatic heterocycles. The lowest BCUT2D eigenvalue weighted by atomic mass is 10.0. The number of aliphatic hydroxyl groups excluding tert-OH is 1. The van der Waals surface area contributed by atoms with Gasteiger partial charge in [-0.25, -0.2) is 4.98 Å². The van der Waals surface area contributed by atoms with Crippen LogP contribution in [0.4, 0.5) is 0 Å². The molecule has 3 heterocycles. The van der Waals surface area contributed by atoms with Crippen LogP contribution in [-0.4, -0.2) is 27.6 Å². The third kappa shape index (κ3) is 3.93. The lowest BCUT2D eigenvalue weighted by Crippen LogP contribution is -2.35. The summed E-state index contributed by atoms with van der Waals surface area (Å²) < 4.78 is 5.33. The number of furan rings is 1. The number of hydrogen-bond acceptors (Lipinski definition) is 5. The molecule has 0 bridgehead atoms. The van der Waals surface area contributed by atoms with E-state index in [1.165, 1.54) is 19.3 Å². The zero-order valence-corrected chi connectivity index (χ0v) is 13.0. The molecule has 21 heavy (non-hydrogen) atoms. The molecule has 0 aliphatic carbocycles. The Hall–Kier alpha value is -1.17. The third-order valence-corrected chi connectivity index (χ3v) is 4.85. The zero-order chi connectivity index (χ0) is 14.5. The molecular formula is C16H22N2O2S. The monoisotopic (exact) mass is 306 g/mol. The van der Waals surface area contributed by atoms with Crippen LogP contribution in [0.2, 0.25) is 0 Å². The van der Waals surface area contributed by atoms with Crippen molar-refractivity contribution in [2.45, 2.75) is 50.8 Å². The van der Waals surface area contributed by atoms with E-state index < -0.39 is 6.10 Å². The minimum absolute atomic E-state index is 0.397. The maximum Gasteiger partial charge on any atom is 0.132 e. The summed E-state index contributed by atoms with van der Waals surface area (Å²) in [7, 11) is 0. The van der Waals surface area contributed by atoms with Gasteiger partial charge in [0.05, 0.1) is 17.5 Å². The summed E-state index contributed by atoms with van der Waals surface area (Å²) in [6.45, 7) is 1.98. The Bertz CT molecular complexity index is 512. The third-order valence-electron chi connectivity index (χ3n) is 4.21. The highest BCUT2D eigenvalue weighted by Crippen LogP contribution is 2.27. The van der Waals surface area contributed by atoms with Gasteiger partial charge < -0.3 is 9.52 Å². The molecule has 2 unspecified atom stereocenters. The summed E-state index contributed by atoms with van der Waals surface area (Å²) in [5.74, 6) is 0.674. The van der Waals surface area contributed by atoms with E-state index in [9.17, 15) is 5.11 Å². The molecule has 114 valence electrons. The Morgan fingerprint density at radius 1 is 1.43 bits per heavy atom. The van der Waals surface area contributed by atoms with Crippen molar-refractivity contribution >= 4 is 11.3 Å². The molecule has 5 heteroatoms. The van der Waals surface area contributed by atoms with Gasteiger partial charge in [0.2, 0.25) is 0 Å². The second-order valence-electron chi connectivity index (χ2n) is 5.72. The molecule has 3 rings (SSSR count). The van der Waals surface area contributed by atoms with E-state index in [1.807, 2.05) is 17.6 Å². The molecule has 0 aromatic carbocycles. The number of rotatable bonds is 5. The van der Waals surface area contributed by atoms with Gasteiger partial charge in [-0.05, 0) is 37.9 Å². The number of thiazole rings is 1. The summed E-state index contributed by atoms with van der Waals surface area (Å²) in [6, 6.07) is 4.08. The maximum absolute atomic E-state index is 10.4. The molecule has 1 fully saturated rings. The van der Waals surface area contributed by atoms with E-state index >= 15 is 0 Å². The minimum atomic E-state index is -0.513. The molecule has 0 saturated carbocycles. The highest BCUT2D eigenvalue weighted by atomic mass is 32.1. The van der Waals surface area contributed by atoms with Crippen molar-refractivity contribution in [1.29, 1.82) is 0 Å². The van der Waals surface area contributed by atoms with Crippen molar-refractivity contribution in [2.24, 2.45) is 0 Å². The maximum atomic E-state index is 10.4. The fourth-order valence-electron chi connectivity index (χ4n) is 3.09. The molecule has 1 aliphatic rings. The Morgan fingerprint density at radius 3 is 3.14 bits per heavy atom. The summed E-state index contributed by atoms with van der Waals surface area (Å²) in [5, 5.41) is 12.5. The van der Waals surface area contributed by atoms with Gasteiger partial charge in [0, 0.05) is 18.0 Å². The van der Waals surface area contributed by atoms with Gasteiger partial charge in [0.15, 0.2) is 0 Å². The second kappa shape index (κ2) is 7.20. The number of nitrogens with zero attached hydrogens (tertiary/aromatic N) is 2. The predicted molar refractivity (Wildman–Crippen MR) is 83.1 cm³/mol. The number of hydrogen-bond donors (Lipinski definition) is 1. The van der Waals surface area contributed by atoms with Crippen molar-refractivity contribution in [3.8, 4) is 0 Å². The van der Waals surface area contributed by atoms with Crippen molar-refractivity contribution in [2.75, 3.05) is 6.54 Å².